The molecule has 0 aliphatic carbocycles. The number of halogens is 1. The van der Waals surface area contributed by atoms with Crippen molar-refractivity contribution in [1.82, 2.24) is 0 Å². The number of carbonyl (C=O) groups excluding carboxylic acids is 1. The van der Waals surface area contributed by atoms with Crippen molar-refractivity contribution < 1.29 is 9.53 Å². The second-order valence-electron chi connectivity index (χ2n) is 4.19. The van der Waals surface area contributed by atoms with Gasteiger partial charge in [-0.1, -0.05) is 37.3 Å². The molecule has 2 nitrogen and oxygen atoms in total. The molecule has 0 spiro atoms. The van der Waals surface area contributed by atoms with Crippen LogP contribution in [0.1, 0.15) is 29.3 Å². The van der Waals surface area contributed by atoms with E-state index in [1.165, 1.54) is 0 Å². The lowest BCUT2D eigenvalue weighted by Crippen LogP contribution is -2.02. The molecular formula is C16H15BrO2. The minimum atomic E-state index is 0.0170. The lowest BCUT2D eigenvalue weighted by Gasteiger charge is -2.08. The van der Waals surface area contributed by atoms with Crippen LogP contribution in [0.3, 0.4) is 0 Å². The molecule has 0 aliphatic heterocycles. The Bertz CT molecular complexity index is 564. The molecule has 19 heavy (non-hydrogen) atoms. The van der Waals surface area contributed by atoms with Crippen molar-refractivity contribution in [3.05, 3.63) is 64.1 Å². The summed E-state index contributed by atoms with van der Waals surface area (Å²) in [5, 5.41) is 0. The number of rotatable bonds is 5. The van der Waals surface area contributed by atoms with Gasteiger partial charge in [0.15, 0.2) is 5.78 Å². The Hall–Kier alpha value is -1.61. The van der Waals surface area contributed by atoms with Gasteiger partial charge >= 0.3 is 0 Å². The fraction of sp³-hybridized carbons (Fsp3) is 0.188. The largest absolute Gasteiger partial charge is 0.492 e. The summed E-state index contributed by atoms with van der Waals surface area (Å²) in [7, 11) is 0. The van der Waals surface area contributed by atoms with E-state index in [2.05, 4.69) is 22.9 Å². The normalized spacial score (nSPS) is 10.2. The molecule has 0 atom stereocenters. The van der Waals surface area contributed by atoms with Crippen LogP contribution in [0.5, 0.6) is 5.75 Å². The summed E-state index contributed by atoms with van der Waals surface area (Å²) >= 11 is 3.44. The maximum Gasteiger partial charge on any atom is 0.193 e. The topological polar surface area (TPSA) is 26.3 Å². The third-order valence-electron chi connectivity index (χ3n) is 2.69. The van der Waals surface area contributed by atoms with Crippen molar-refractivity contribution in [2.75, 3.05) is 6.61 Å². The zero-order valence-corrected chi connectivity index (χ0v) is 12.3. The average molecular weight is 319 g/mol. The number of ketones is 1. The molecule has 98 valence electrons. The zero-order chi connectivity index (χ0) is 13.7. The van der Waals surface area contributed by atoms with Gasteiger partial charge in [0.2, 0.25) is 0 Å². The van der Waals surface area contributed by atoms with Crippen molar-refractivity contribution in [3.63, 3.8) is 0 Å². The lowest BCUT2D eigenvalue weighted by molar-refractivity contribution is 0.103. The maximum absolute atomic E-state index is 12.3. The van der Waals surface area contributed by atoms with Gasteiger partial charge in [-0.05, 0) is 40.5 Å². The Morgan fingerprint density at radius 2 is 1.84 bits per heavy atom. The average Bonchev–Trinajstić information content (AvgIpc) is 2.46. The first-order valence-electron chi connectivity index (χ1n) is 6.24. The van der Waals surface area contributed by atoms with Crippen molar-refractivity contribution in [2.24, 2.45) is 0 Å². The number of ether oxygens (including phenoxy) is 1. The fourth-order valence-corrected chi connectivity index (χ4v) is 2.22. The third kappa shape index (κ3) is 3.44. The third-order valence-corrected chi connectivity index (χ3v) is 3.31. The van der Waals surface area contributed by atoms with Crippen LogP contribution < -0.4 is 4.74 Å². The highest BCUT2D eigenvalue weighted by atomic mass is 79.9. The Kier molecular flexibility index (Phi) is 4.74. The van der Waals surface area contributed by atoms with Crippen LogP contribution >= 0.6 is 15.9 Å². The van der Waals surface area contributed by atoms with E-state index in [-0.39, 0.29) is 5.78 Å². The van der Waals surface area contributed by atoms with E-state index < -0.39 is 0 Å². The summed E-state index contributed by atoms with van der Waals surface area (Å²) in [5.74, 6) is 0.787. The molecule has 3 heteroatoms. The Labute approximate surface area is 121 Å². The van der Waals surface area contributed by atoms with Crippen LogP contribution in [0, 0.1) is 0 Å². The summed E-state index contributed by atoms with van der Waals surface area (Å²) in [6.07, 6.45) is 0.955. The smallest absolute Gasteiger partial charge is 0.193 e. The molecule has 0 heterocycles. The maximum atomic E-state index is 12.3. The molecular weight excluding hydrogens is 304 g/mol. The van der Waals surface area contributed by atoms with Gasteiger partial charge in [-0.15, -0.1) is 0 Å². The minimum Gasteiger partial charge on any atom is -0.492 e. The van der Waals surface area contributed by atoms with E-state index in [9.17, 15) is 4.79 Å². The molecule has 0 radical (unpaired) electrons. The summed E-state index contributed by atoms with van der Waals surface area (Å²) in [6, 6.07) is 14.7. The highest BCUT2D eigenvalue weighted by molar-refractivity contribution is 9.10. The number of carbonyl (C=O) groups is 1. The highest BCUT2D eigenvalue weighted by Crippen LogP contribution is 2.27. The van der Waals surface area contributed by atoms with Crippen LogP contribution in [0.4, 0.5) is 0 Å². The molecule has 0 bridgehead atoms. The first-order chi connectivity index (χ1) is 9.22. The van der Waals surface area contributed by atoms with Crippen molar-refractivity contribution >= 4 is 21.7 Å². The van der Waals surface area contributed by atoms with E-state index in [0.29, 0.717) is 17.7 Å². The monoisotopic (exact) mass is 318 g/mol. The molecule has 0 amide bonds. The van der Waals surface area contributed by atoms with E-state index in [1.807, 2.05) is 36.4 Å². The standard InChI is InChI=1S/C16H15BrO2/c1-2-10-19-15-9-8-13(11-14(15)17)16(18)12-6-4-3-5-7-12/h3-9,11H,2,10H2,1H3. The van der Waals surface area contributed by atoms with E-state index in [1.54, 1.807) is 12.1 Å². The van der Waals surface area contributed by atoms with Gasteiger partial charge in [-0.25, -0.2) is 0 Å². The van der Waals surface area contributed by atoms with Crippen molar-refractivity contribution in [1.29, 1.82) is 0 Å². The summed E-state index contributed by atoms with van der Waals surface area (Å²) in [4.78, 5) is 12.3. The molecule has 2 rings (SSSR count). The summed E-state index contributed by atoms with van der Waals surface area (Å²) < 4.78 is 6.38. The number of hydrogen-bond donors (Lipinski definition) is 0. The summed E-state index contributed by atoms with van der Waals surface area (Å²) in [5.41, 5.74) is 1.35. The zero-order valence-electron chi connectivity index (χ0n) is 10.7. The van der Waals surface area contributed by atoms with Gasteiger partial charge in [0, 0.05) is 11.1 Å². The predicted octanol–water partition coefficient (Wildman–Crippen LogP) is 4.47. The number of benzene rings is 2. The van der Waals surface area contributed by atoms with Gasteiger partial charge < -0.3 is 4.74 Å². The van der Waals surface area contributed by atoms with Gasteiger partial charge in [0.05, 0.1) is 11.1 Å². The highest BCUT2D eigenvalue weighted by Gasteiger charge is 2.11. The summed E-state index contributed by atoms with van der Waals surface area (Å²) in [6.45, 7) is 2.73. The molecule has 0 N–H and O–H groups in total. The lowest BCUT2D eigenvalue weighted by atomic mass is 10.0. The molecule has 0 aliphatic rings. The molecule has 0 saturated carbocycles. The van der Waals surface area contributed by atoms with E-state index in [0.717, 1.165) is 16.6 Å². The predicted molar refractivity (Wildman–Crippen MR) is 79.8 cm³/mol. The SMILES string of the molecule is CCCOc1ccc(C(=O)c2ccccc2)cc1Br. The quantitative estimate of drug-likeness (QED) is 0.760. The molecule has 2 aromatic rings. The van der Waals surface area contributed by atoms with Crippen molar-refractivity contribution in [2.45, 2.75) is 13.3 Å². The van der Waals surface area contributed by atoms with Crippen LogP contribution in [0.25, 0.3) is 0 Å². The Balaban J connectivity index is 2.22. The van der Waals surface area contributed by atoms with E-state index in [4.69, 9.17) is 4.74 Å². The minimum absolute atomic E-state index is 0.0170. The van der Waals surface area contributed by atoms with Gasteiger partial charge in [0.1, 0.15) is 5.75 Å². The molecule has 0 aromatic heterocycles. The first-order valence-corrected chi connectivity index (χ1v) is 7.03. The molecule has 0 saturated heterocycles. The molecule has 0 unspecified atom stereocenters. The van der Waals surface area contributed by atoms with Gasteiger partial charge in [-0.2, -0.15) is 0 Å². The second kappa shape index (κ2) is 6.53. The Morgan fingerprint density at radius 3 is 2.47 bits per heavy atom. The second-order valence-corrected chi connectivity index (χ2v) is 5.04. The first kappa shape index (κ1) is 13.8. The van der Waals surface area contributed by atoms with Crippen LogP contribution in [0.2, 0.25) is 0 Å². The van der Waals surface area contributed by atoms with Crippen LogP contribution in [0.15, 0.2) is 53.0 Å². The molecule has 0 fully saturated rings. The van der Waals surface area contributed by atoms with Crippen molar-refractivity contribution in [3.8, 4) is 5.75 Å². The number of hydrogen-bond acceptors (Lipinski definition) is 2. The molecule has 2 aromatic carbocycles. The Morgan fingerprint density at radius 1 is 1.11 bits per heavy atom. The van der Waals surface area contributed by atoms with Crippen LogP contribution in [-0.4, -0.2) is 12.4 Å². The van der Waals surface area contributed by atoms with Gasteiger partial charge in [-0.3, -0.25) is 4.79 Å². The van der Waals surface area contributed by atoms with Gasteiger partial charge in [0.25, 0.3) is 0 Å². The van der Waals surface area contributed by atoms with E-state index >= 15 is 0 Å². The fourth-order valence-electron chi connectivity index (χ4n) is 1.73. The van der Waals surface area contributed by atoms with Crippen LogP contribution in [-0.2, 0) is 0 Å².